The van der Waals surface area contributed by atoms with E-state index in [1.54, 1.807) is 23.0 Å². The molecule has 5 rings (SSSR count). The molecule has 2 amide bonds. The molecule has 3 heterocycles. The number of carbonyl (C=O) groups excluding carboxylic acids is 2. The first-order chi connectivity index (χ1) is 17.2. The fourth-order valence-corrected chi connectivity index (χ4v) is 5.74. The van der Waals surface area contributed by atoms with Crippen LogP contribution in [0.2, 0.25) is 0 Å². The highest BCUT2D eigenvalue weighted by Crippen LogP contribution is 2.42. The van der Waals surface area contributed by atoms with Gasteiger partial charge in [0.05, 0.1) is 48.2 Å². The van der Waals surface area contributed by atoms with E-state index in [1.165, 1.54) is 11.3 Å². The molecular formula is C26H30N4O5S. The summed E-state index contributed by atoms with van der Waals surface area (Å²) in [5, 5.41) is 10.2. The first-order valence-corrected chi connectivity index (χ1v) is 13.0. The quantitative estimate of drug-likeness (QED) is 0.573. The maximum atomic E-state index is 13.4. The molecule has 0 N–H and O–H groups in total. The lowest BCUT2D eigenvalue weighted by atomic mass is 10.1. The summed E-state index contributed by atoms with van der Waals surface area (Å²) < 4.78 is 17.0. The Bertz CT molecular complexity index is 1230. The van der Waals surface area contributed by atoms with Gasteiger partial charge in [-0.05, 0) is 52.2 Å². The van der Waals surface area contributed by atoms with Gasteiger partial charge < -0.3 is 24.0 Å². The second-order valence-corrected chi connectivity index (χ2v) is 11.5. The monoisotopic (exact) mass is 510 g/mol. The molecule has 3 aliphatic rings. The number of carbonyl (C=O) groups is 2. The molecular weight excluding hydrogens is 480 g/mol. The molecule has 2 atom stereocenters. The van der Waals surface area contributed by atoms with Crippen LogP contribution in [0.25, 0.3) is 10.6 Å². The summed E-state index contributed by atoms with van der Waals surface area (Å²) in [5.41, 5.74) is 1.33. The number of para-hydroxylation sites is 1. The maximum Gasteiger partial charge on any atom is 0.410 e. The largest absolute Gasteiger partial charge is 0.488 e. The van der Waals surface area contributed by atoms with Crippen molar-refractivity contribution in [2.45, 2.75) is 70.4 Å². The van der Waals surface area contributed by atoms with Crippen molar-refractivity contribution >= 4 is 23.3 Å². The molecule has 0 unspecified atom stereocenters. The molecule has 2 fully saturated rings. The molecule has 0 radical (unpaired) electrons. The molecule has 1 saturated heterocycles. The van der Waals surface area contributed by atoms with Crippen molar-refractivity contribution < 1.29 is 23.8 Å². The fraction of sp³-hybridized carbons (Fsp3) is 0.538. The zero-order chi connectivity index (χ0) is 25.6. The molecule has 1 aromatic carbocycles. The third-order valence-corrected chi connectivity index (χ3v) is 7.59. The number of thiazole rings is 1. The minimum atomic E-state index is -0.605. The van der Waals surface area contributed by atoms with Crippen molar-refractivity contribution in [1.82, 2.24) is 14.8 Å². The number of hydrogen-bond acceptors (Lipinski definition) is 8. The Hall–Kier alpha value is -3.16. The Labute approximate surface area is 214 Å². The van der Waals surface area contributed by atoms with Gasteiger partial charge in [-0.2, -0.15) is 5.26 Å². The summed E-state index contributed by atoms with van der Waals surface area (Å²) in [4.78, 5) is 35.1. The Kier molecular flexibility index (Phi) is 6.39. The average molecular weight is 511 g/mol. The van der Waals surface area contributed by atoms with E-state index in [0.717, 1.165) is 24.1 Å². The van der Waals surface area contributed by atoms with Gasteiger partial charge in [-0.3, -0.25) is 4.79 Å². The number of amides is 2. The zero-order valence-corrected chi connectivity index (χ0v) is 21.8. The van der Waals surface area contributed by atoms with Crippen molar-refractivity contribution in [2.75, 3.05) is 20.3 Å². The molecule has 190 valence electrons. The fourth-order valence-electron chi connectivity index (χ4n) is 4.69. The number of nitriles is 1. The van der Waals surface area contributed by atoms with Gasteiger partial charge in [0.25, 0.3) is 5.91 Å². The molecule has 2 aromatic rings. The van der Waals surface area contributed by atoms with Gasteiger partial charge in [-0.1, -0.05) is 6.07 Å². The highest BCUT2D eigenvalue weighted by Gasteiger charge is 2.44. The standard InChI is InChI=1S/C26H30N4O5S/c1-26(2,3)35-25(32)30-12-16(10-17(30)14-33-4)29-13-20-22(24(29)31)36-23(28-20)19-7-5-6-15(11-27)21(19)34-18-8-9-18/h5-7,16-18H,8-10,12-14H2,1-4H3/t16-,17+/m1/s1. The lowest BCUT2D eigenvalue weighted by Gasteiger charge is -2.28. The normalized spacial score (nSPS) is 21.5. The van der Waals surface area contributed by atoms with Gasteiger partial charge in [0.1, 0.15) is 27.3 Å². The molecule has 10 heteroatoms. The number of methoxy groups -OCH3 is 1. The van der Waals surface area contributed by atoms with Crippen molar-refractivity contribution in [3.05, 3.63) is 34.3 Å². The van der Waals surface area contributed by atoms with Crippen LogP contribution < -0.4 is 4.74 Å². The smallest absolute Gasteiger partial charge is 0.410 e. The van der Waals surface area contributed by atoms with Crippen LogP contribution in [0, 0.1) is 11.3 Å². The van der Waals surface area contributed by atoms with Crippen molar-refractivity contribution in [1.29, 1.82) is 5.26 Å². The molecule has 0 bridgehead atoms. The summed E-state index contributed by atoms with van der Waals surface area (Å²) in [5.74, 6) is 0.465. The van der Waals surface area contributed by atoms with Crippen molar-refractivity contribution in [3.63, 3.8) is 0 Å². The summed E-state index contributed by atoms with van der Waals surface area (Å²) >= 11 is 1.33. The first-order valence-electron chi connectivity index (χ1n) is 12.2. The number of rotatable bonds is 6. The van der Waals surface area contributed by atoms with E-state index in [1.807, 2.05) is 32.9 Å². The number of aromatic nitrogens is 1. The number of ether oxygens (including phenoxy) is 3. The van der Waals surface area contributed by atoms with E-state index in [0.29, 0.717) is 47.3 Å². The Morgan fingerprint density at radius 1 is 1.31 bits per heavy atom. The van der Waals surface area contributed by atoms with Gasteiger partial charge in [-0.25, -0.2) is 9.78 Å². The van der Waals surface area contributed by atoms with Crippen LogP contribution in [0.15, 0.2) is 18.2 Å². The van der Waals surface area contributed by atoms with E-state index in [9.17, 15) is 14.9 Å². The van der Waals surface area contributed by atoms with Crippen LogP contribution in [0.5, 0.6) is 5.75 Å². The highest BCUT2D eigenvalue weighted by molar-refractivity contribution is 7.17. The van der Waals surface area contributed by atoms with Crippen LogP contribution in [0.1, 0.15) is 61.0 Å². The highest BCUT2D eigenvalue weighted by atomic mass is 32.1. The summed E-state index contributed by atoms with van der Waals surface area (Å²) in [7, 11) is 1.60. The number of likely N-dealkylation sites (tertiary alicyclic amines) is 1. The lowest BCUT2D eigenvalue weighted by molar-refractivity contribution is 0.0140. The maximum absolute atomic E-state index is 13.4. The Morgan fingerprint density at radius 3 is 2.72 bits per heavy atom. The summed E-state index contributed by atoms with van der Waals surface area (Å²) in [6, 6.07) is 7.33. The molecule has 1 aromatic heterocycles. The minimum Gasteiger partial charge on any atom is -0.488 e. The van der Waals surface area contributed by atoms with E-state index in [2.05, 4.69) is 6.07 Å². The minimum absolute atomic E-state index is 0.0814. The van der Waals surface area contributed by atoms with E-state index in [-0.39, 0.29) is 24.1 Å². The third-order valence-electron chi connectivity index (χ3n) is 6.47. The molecule has 1 aliphatic carbocycles. The number of hydrogen-bond donors (Lipinski definition) is 0. The molecule has 36 heavy (non-hydrogen) atoms. The van der Waals surface area contributed by atoms with Gasteiger partial charge >= 0.3 is 6.09 Å². The zero-order valence-electron chi connectivity index (χ0n) is 20.9. The predicted molar refractivity (Wildman–Crippen MR) is 133 cm³/mol. The lowest BCUT2D eigenvalue weighted by Crippen LogP contribution is -2.43. The van der Waals surface area contributed by atoms with Crippen LogP contribution in [0.3, 0.4) is 0 Å². The van der Waals surface area contributed by atoms with Crippen LogP contribution in [-0.2, 0) is 16.0 Å². The van der Waals surface area contributed by atoms with Crippen molar-refractivity contribution in [2.24, 2.45) is 0 Å². The molecule has 2 aliphatic heterocycles. The molecule has 0 spiro atoms. The summed E-state index contributed by atoms with van der Waals surface area (Å²) in [6.07, 6.45) is 2.32. The topological polar surface area (TPSA) is 105 Å². The van der Waals surface area contributed by atoms with Gasteiger partial charge in [0.2, 0.25) is 0 Å². The van der Waals surface area contributed by atoms with E-state index >= 15 is 0 Å². The van der Waals surface area contributed by atoms with Crippen LogP contribution in [0.4, 0.5) is 4.79 Å². The van der Waals surface area contributed by atoms with E-state index in [4.69, 9.17) is 19.2 Å². The number of fused-ring (bicyclic) bond motifs is 1. The van der Waals surface area contributed by atoms with Crippen molar-refractivity contribution in [3.8, 4) is 22.4 Å². The Morgan fingerprint density at radius 2 is 2.08 bits per heavy atom. The van der Waals surface area contributed by atoms with E-state index < -0.39 is 11.7 Å². The second-order valence-electron chi connectivity index (χ2n) is 10.5. The third kappa shape index (κ3) is 4.77. The molecule has 9 nitrogen and oxygen atoms in total. The number of nitrogens with zero attached hydrogens (tertiary/aromatic N) is 4. The first kappa shape index (κ1) is 24.5. The Balaban J connectivity index is 1.35. The van der Waals surface area contributed by atoms with Crippen LogP contribution >= 0.6 is 11.3 Å². The van der Waals surface area contributed by atoms with Crippen LogP contribution in [-0.4, -0.2) is 70.8 Å². The number of benzene rings is 1. The molecule has 1 saturated carbocycles. The second kappa shape index (κ2) is 9.37. The summed E-state index contributed by atoms with van der Waals surface area (Å²) in [6.45, 7) is 6.66. The van der Waals surface area contributed by atoms with Gasteiger partial charge in [-0.15, -0.1) is 11.3 Å². The average Bonchev–Trinajstić information content (AvgIpc) is 3.25. The SMILES string of the molecule is COC[C@@H]1C[C@@H](N2Cc3nc(-c4cccc(C#N)c4OC4CC4)sc3C2=O)CN1C(=O)OC(C)(C)C. The predicted octanol–water partition coefficient (Wildman–Crippen LogP) is 4.20. The van der Waals surface area contributed by atoms with Gasteiger partial charge in [0, 0.05) is 13.7 Å². The van der Waals surface area contributed by atoms with Gasteiger partial charge in [0.15, 0.2) is 0 Å².